The van der Waals surface area contributed by atoms with Gasteiger partial charge in [-0.1, -0.05) is 48.2 Å². The second-order valence-electron chi connectivity index (χ2n) is 6.94. The van der Waals surface area contributed by atoms with Gasteiger partial charge in [-0.3, -0.25) is 24.2 Å². The van der Waals surface area contributed by atoms with E-state index in [4.69, 9.17) is 5.73 Å². The van der Waals surface area contributed by atoms with E-state index < -0.39 is 11.2 Å². The second-order valence-corrected chi connectivity index (χ2v) is 8.83. The lowest BCUT2D eigenvalue weighted by Crippen LogP contribution is -2.41. The highest BCUT2D eigenvalue weighted by molar-refractivity contribution is 7.99. The summed E-state index contributed by atoms with van der Waals surface area (Å²) >= 11 is 2.67. The summed E-state index contributed by atoms with van der Waals surface area (Å²) in [6.07, 6.45) is 0. The van der Waals surface area contributed by atoms with Crippen LogP contribution in [-0.2, 0) is 11.3 Å². The van der Waals surface area contributed by atoms with Gasteiger partial charge in [0, 0.05) is 6.54 Å². The van der Waals surface area contributed by atoms with Gasteiger partial charge in [0.15, 0.2) is 11.5 Å². The SMILES string of the molecule is CCN(C(=O)CSc1n[nH]c(-c2cccs2)n1)c1c(N)n(Cc2ccccc2)c(=O)[nH]c1=O. The van der Waals surface area contributed by atoms with Gasteiger partial charge in [-0.2, -0.15) is 0 Å². The molecular formula is C21H21N7O3S2. The van der Waals surface area contributed by atoms with Gasteiger partial charge >= 0.3 is 5.69 Å². The molecule has 0 aliphatic carbocycles. The largest absolute Gasteiger partial charge is 0.383 e. The number of anilines is 2. The van der Waals surface area contributed by atoms with Crippen molar-refractivity contribution in [2.45, 2.75) is 18.6 Å². The van der Waals surface area contributed by atoms with Crippen LogP contribution in [0.5, 0.6) is 0 Å². The summed E-state index contributed by atoms with van der Waals surface area (Å²) in [5, 5.41) is 9.34. The van der Waals surface area contributed by atoms with Crippen LogP contribution in [0.3, 0.4) is 0 Å². The quantitative estimate of drug-likeness (QED) is 0.326. The van der Waals surface area contributed by atoms with E-state index in [0.29, 0.717) is 11.0 Å². The lowest BCUT2D eigenvalue weighted by Gasteiger charge is -2.23. The standard InChI is InChI=1S/C21H21N7O3S2/c1-2-27(15(29)12-33-20-23-18(25-26-20)14-9-6-10-32-14)16-17(22)28(21(31)24-19(16)30)11-13-7-4-3-5-8-13/h3-10H,2,11-12,22H2,1H3,(H,23,25,26)(H,24,30,31). The van der Waals surface area contributed by atoms with Gasteiger partial charge in [-0.15, -0.1) is 16.4 Å². The molecule has 0 aliphatic heterocycles. The normalized spacial score (nSPS) is 10.9. The molecule has 0 saturated carbocycles. The van der Waals surface area contributed by atoms with Crippen LogP contribution in [0.2, 0.25) is 0 Å². The van der Waals surface area contributed by atoms with Gasteiger partial charge in [-0.05, 0) is 23.9 Å². The van der Waals surface area contributed by atoms with Crippen molar-refractivity contribution in [1.82, 2.24) is 24.7 Å². The van der Waals surface area contributed by atoms with Crippen LogP contribution < -0.4 is 21.9 Å². The Morgan fingerprint density at radius 1 is 1.21 bits per heavy atom. The van der Waals surface area contributed by atoms with Crippen molar-refractivity contribution >= 4 is 40.5 Å². The van der Waals surface area contributed by atoms with Crippen molar-refractivity contribution < 1.29 is 4.79 Å². The molecule has 1 amide bonds. The minimum Gasteiger partial charge on any atom is -0.383 e. The fraction of sp³-hybridized carbons (Fsp3) is 0.190. The Labute approximate surface area is 196 Å². The van der Waals surface area contributed by atoms with E-state index in [1.165, 1.54) is 20.8 Å². The van der Waals surface area contributed by atoms with E-state index in [1.54, 1.807) is 6.92 Å². The topological polar surface area (TPSA) is 143 Å². The van der Waals surface area contributed by atoms with Crippen LogP contribution in [0.15, 0.2) is 62.6 Å². The summed E-state index contributed by atoms with van der Waals surface area (Å²) in [6.45, 7) is 2.10. The molecular weight excluding hydrogens is 462 g/mol. The second kappa shape index (κ2) is 9.88. The van der Waals surface area contributed by atoms with E-state index in [9.17, 15) is 14.4 Å². The molecule has 3 aromatic heterocycles. The molecule has 4 rings (SSSR count). The molecule has 10 nitrogen and oxygen atoms in total. The van der Waals surface area contributed by atoms with Crippen molar-refractivity contribution in [2.75, 3.05) is 22.9 Å². The number of nitrogens with one attached hydrogen (secondary N) is 2. The fourth-order valence-corrected chi connectivity index (χ4v) is 4.60. The number of thiophene rings is 1. The van der Waals surface area contributed by atoms with Crippen molar-refractivity contribution in [3.8, 4) is 10.7 Å². The molecule has 0 radical (unpaired) electrons. The lowest BCUT2D eigenvalue weighted by molar-refractivity contribution is -0.116. The Hall–Kier alpha value is -3.64. The first-order valence-corrected chi connectivity index (χ1v) is 11.9. The molecule has 0 saturated heterocycles. The van der Waals surface area contributed by atoms with Crippen LogP contribution in [-0.4, -0.2) is 42.9 Å². The maximum Gasteiger partial charge on any atom is 0.330 e. The third-order valence-electron chi connectivity index (χ3n) is 4.83. The van der Waals surface area contributed by atoms with Gasteiger partial charge < -0.3 is 10.6 Å². The highest BCUT2D eigenvalue weighted by atomic mass is 32.2. The number of benzene rings is 1. The maximum absolute atomic E-state index is 13.0. The van der Waals surface area contributed by atoms with Crippen LogP contribution in [0.25, 0.3) is 10.7 Å². The number of hydrogen-bond donors (Lipinski definition) is 3. The predicted molar refractivity (Wildman–Crippen MR) is 130 cm³/mol. The van der Waals surface area contributed by atoms with Crippen LogP contribution in [0.1, 0.15) is 12.5 Å². The Morgan fingerprint density at radius 3 is 2.70 bits per heavy atom. The Bertz CT molecular complexity index is 1360. The van der Waals surface area contributed by atoms with Gasteiger partial charge in [0.1, 0.15) is 5.82 Å². The first-order chi connectivity index (χ1) is 16.0. The number of rotatable bonds is 8. The molecule has 0 spiro atoms. The molecule has 1 aromatic carbocycles. The number of H-pyrrole nitrogens is 2. The van der Waals surface area contributed by atoms with E-state index in [2.05, 4.69) is 20.2 Å². The van der Waals surface area contributed by atoms with Crippen molar-refractivity contribution in [1.29, 1.82) is 0 Å². The molecule has 4 aromatic rings. The molecule has 0 atom stereocenters. The number of nitrogens with two attached hydrogens (primary N) is 1. The van der Waals surface area contributed by atoms with E-state index in [-0.39, 0.29) is 36.3 Å². The monoisotopic (exact) mass is 483 g/mol. The molecule has 12 heteroatoms. The molecule has 33 heavy (non-hydrogen) atoms. The number of carbonyl (C=O) groups excluding carboxylic acids is 1. The first kappa shape index (κ1) is 22.6. The summed E-state index contributed by atoms with van der Waals surface area (Å²) in [6, 6.07) is 13.1. The van der Waals surface area contributed by atoms with Crippen molar-refractivity contribution in [3.63, 3.8) is 0 Å². The molecule has 4 N–H and O–H groups in total. The summed E-state index contributed by atoms with van der Waals surface area (Å²) in [7, 11) is 0. The van der Waals surface area contributed by atoms with Gasteiger partial charge in [-0.25, -0.2) is 9.78 Å². The molecule has 0 aliphatic rings. The maximum atomic E-state index is 13.0. The van der Waals surface area contributed by atoms with Gasteiger partial charge in [0.05, 0.1) is 17.2 Å². The van der Waals surface area contributed by atoms with Crippen molar-refractivity contribution in [3.05, 3.63) is 74.2 Å². The number of nitrogen functional groups attached to an aromatic ring is 1. The average molecular weight is 484 g/mol. The van der Waals surface area contributed by atoms with Crippen LogP contribution in [0.4, 0.5) is 11.5 Å². The van der Waals surface area contributed by atoms with E-state index in [1.807, 2.05) is 47.8 Å². The molecule has 3 heterocycles. The third kappa shape index (κ3) is 4.91. The third-order valence-corrected chi connectivity index (χ3v) is 6.54. The Balaban J connectivity index is 1.55. The predicted octanol–water partition coefficient (Wildman–Crippen LogP) is 2.16. The molecule has 0 bridgehead atoms. The van der Waals surface area contributed by atoms with Crippen molar-refractivity contribution in [2.24, 2.45) is 0 Å². The number of amides is 1. The first-order valence-electron chi connectivity index (χ1n) is 10.0. The highest BCUT2D eigenvalue weighted by Gasteiger charge is 2.23. The van der Waals surface area contributed by atoms with E-state index in [0.717, 1.165) is 22.2 Å². The zero-order valence-electron chi connectivity index (χ0n) is 17.6. The minimum atomic E-state index is -0.708. The fourth-order valence-electron chi connectivity index (χ4n) is 3.26. The number of carbonyl (C=O) groups is 1. The molecule has 0 fully saturated rings. The average Bonchev–Trinajstić information content (AvgIpc) is 3.50. The summed E-state index contributed by atoms with van der Waals surface area (Å²) < 4.78 is 1.25. The number of thioether (sulfide) groups is 1. The number of hydrogen-bond acceptors (Lipinski definition) is 8. The molecule has 170 valence electrons. The number of aromatic amines is 2. The lowest BCUT2D eigenvalue weighted by atomic mass is 10.2. The Kier molecular flexibility index (Phi) is 6.75. The van der Waals surface area contributed by atoms with Gasteiger partial charge in [0.25, 0.3) is 5.56 Å². The summed E-state index contributed by atoms with van der Waals surface area (Å²) in [5.74, 6) is 0.199. The highest BCUT2D eigenvalue weighted by Crippen LogP contribution is 2.24. The number of aromatic nitrogens is 5. The van der Waals surface area contributed by atoms with Gasteiger partial charge in [0.2, 0.25) is 11.1 Å². The zero-order chi connectivity index (χ0) is 23.4. The van der Waals surface area contributed by atoms with Crippen LogP contribution >= 0.6 is 23.1 Å². The number of nitrogens with zero attached hydrogens (tertiary/aromatic N) is 4. The van der Waals surface area contributed by atoms with E-state index >= 15 is 0 Å². The Morgan fingerprint density at radius 2 is 2.00 bits per heavy atom. The summed E-state index contributed by atoms with van der Waals surface area (Å²) in [4.78, 5) is 46.9. The zero-order valence-corrected chi connectivity index (χ0v) is 19.3. The minimum absolute atomic E-state index is 0.00767. The molecule has 0 unspecified atom stereocenters. The van der Waals surface area contributed by atoms with Crippen LogP contribution in [0, 0.1) is 0 Å². The summed E-state index contributed by atoms with van der Waals surface area (Å²) in [5.41, 5.74) is 5.67. The smallest absolute Gasteiger partial charge is 0.330 e.